The Morgan fingerprint density at radius 2 is 2.08 bits per heavy atom. The van der Waals surface area contributed by atoms with Gasteiger partial charge in [0.1, 0.15) is 11.6 Å². The maximum atomic E-state index is 13.8. The molecule has 7 heteroatoms. The van der Waals surface area contributed by atoms with Crippen molar-refractivity contribution in [3.05, 3.63) is 47.1 Å². The fourth-order valence-electron chi connectivity index (χ4n) is 3.46. The van der Waals surface area contributed by atoms with Gasteiger partial charge in [-0.25, -0.2) is 8.78 Å². The van der Waals surface area contributed by atoms with Crippen LogP contribution in [-0.2, 0) is 0 Å². The minimum Gasteiger partial charge on any atom is -0.387 e. The molecule has 2 atom stereocenters. The predicted octanol–water partition coefficient (Wildman–Crippen LogP) is 3.14. The van der Waals surface area contributed by atoms with E-state index in [0.29, 0.717) is 19.0 Å². The number of hydrogen-bond donors (Lipinski definition) is 1. The van der Waals surface area contributed by atoms with Crippen LogP contribution in [-0.4, -0.2) is 39.8 Å². The van der Waals surface area contributed by atoms with Crippen LogP contribution in [0.2, 0.25) is 0 Å². The van der Waals surface area contributed by atoms with Gasteiger partial charge in [0.05, 0.1) is 6.10 Å². The van der Waals surface area contributed by atoms with Gasteiger partial charge in [-0.3, -0.25) is 4.90 Å². The molecule has 0 bridgehead atoms. The van der Waals surface area contributed by atoms with Crippen LogP contribution in [0.15, 0.2) is 22.7 Å². The molecule has 2 fully saturated rings. The molecule has 2 heterocycles. The van der Waals surface area contributed by atoms with Crippen molar-refractivity contribution in [2.75, 3.05) is 19.6 Å². The first-order chi connectivity index (χ1) is 12.1. The van der Waals surface area contributed by atoms with E-state index >= 15 is 0 Å². The molecule has 1 N–H and O–H groups in total. The second kappa shape index (κ2) is 6.80. The molecule has 0 unspecified atom stereocenters. The third-order valence-corrected chi connectivity index (χ3v) is 5.01. The average molecular weight is 349 g/mol. The maximum Gasteiger partial charge on any atom is 0.229 e. The minimum atomic E-state index is -0.994. The Labute approximate surface area is 144 Å². The Bertz CT molecular complexity index is 748. The van der Waals surface area contributed by atoms with Gasteiger partial charge in [0.2, 0.25) is 5.89 Å². The molecule has 134 valence electrons. The van der Waals surface area contributed by atoms with Gasteiger partial charge < -0.3 is 9.63 Å². The molecule has 5 nitrogen and oxygen atoms in total. The Hall–Kier alpha value is -1.86. The summed E-state index contributed by atoms with van der Waals surface area (Å²) in [5, 5.41) is 14.5. The van der Waals surface area contributed by atoms with E-state index in [1.807, 2.05) is 0 Å². The van der Waals surface area contributed by atoms with Gasteiger partial charge in [0.15, 0.2) is 5.82 Å². The minimum absolute atomic E-state index is 0.124. The van der Waals surface area contributed by atoms with Gasteiger partial charge in [0.25, 0.3) is 0 Å². The molecular weight excluding hydrogens is 328 g/mol. The van der Waals surface area contributed by atoms with Crippen molar-refractivity contribution in [2.45, 2.75) is 43.6 Å². The topological polar surface area (TPSA) is 62.4 Å². The van der Waals surface area contributed by atoms with Crippen molar-refractivity contribution < 1.29 is 18.4 Å². The summed E-state index contributed by atoms with van der Waals surface area (Å²) in [5.41, 5.74) is 0.124. The highest BCUT2D eigenvalue weighted by atomic mass is 19.1. The van der Waals surface area contributed by atoms with E-state index < -0.39 is 17.7 Å². The quantitative estimate of drug-likeness (QED) is 0.898. The van der Waals surface area contributed by atoms with Gasteiger partial charge in [-0.1, -0.05) is 11.2 Å². The van der Waals surface area contributed by atoms with E-state index in [2.05, 4.69) is 15.0 Å². The molecule has 0 spiro atoms. The zero-order valence-electron chi connectivity index (χ0n) is 13.9. The first kappa shape index (κ1) is 16.6. The fraction of sp³-hybridized carbons (Fsp3) is 0.556. The number of aromatic nitrogens is 2. The molecule has 0 radical (unpaired) electrons. The molecule has 1 aromatic heterocycles. The lowest BCUT2D eigenvalue weighted by molar-refractivity contribution is 0.0917. The number of β-amino-alcohol motifs (C(OH)–C–C–N with tert-alkyl or cyclic N) is 1. The van der Waals surface area contributed by atoms with Crippen LogP contribution < -0.4 is 0 Å². The zero-order chi connectivity index (χ0) is 17.4. The van der Waals surface area contributed by atoms with E-state index in [4.69, 9.17) is 4.52 Å². The van der Waals surface area contributed by atoms with Crippen LogP contribution in [0, 0.1) is 11.6 Å². The number of halogens is 2. The van der Waals surface area contributed by atoms with Crippen LogP contribution in [0.3, 0.4) is 0 Å². The molecule has 1 aromatic carbocycles. The van der Waals surface area contributed by atoms with Crippen molar-refractivity contribution in [2.24, 2.45) is 0 Å². The highest BCUT2D eigenvalue weighted by molar-refractivity contribution is 5.21. The van der Waals surface area contributed by atoms with E-state index in [-0.39, 0.29) is 11.5 Å². The fourth-order valence-corrected chi connectivity index (χ4v) is 3.46. The Morgan fingerprint density at radius 3 is 2.84 bits per heavy atom. The van der Waals surface area contributed by atoms with Crippen molar-refractivity contribution in [1.82, 2.24) is 15.0 Å². The normalized spacial score (nSPS) is 22.9. The molecule has 2 aromatic rings. The lowest BCUT2D eigenvalue weighted by Crippen LogP contribution is -2.37. The van der Waals surface area contributed by atoms with Crippen LogP contribution in [0.4, 0.5) is 8.78 Å². The van der Waals surface area contributed by atoms with E-state index in [0.717, 1.165) is 50.0 Å². The second-order valence-corrected chi connectivity index (χ2v) is 7.05. The molecule has 2 aliphatic rings. The number of likely N-dealkylation sites (tertiary alicyclic amines) is 1. The number of benzene rings is 1. The number of rotatable bonds is 5. The van der Waals surface area contributed by atoms with Gasteiger partial charge in [0, 0.05) is 36.6 Å². The van der Waals surface area contributed by atoms with Gasteiger partial charge in [-0.15, -0.1) is 0 Å². The average Bonchev–Trinajstić information content (AvgIpc) is 3.32. The first-order valence-corrected chi connectivity index (χ1v) is 8.79. The predicted molar refractivity (Wildman–Crippen MR) is 86.0 cm³/mol. The SMILES string of the molecule is O[C@@H](CN1CCC[C@@H](c2noc(C3CC3)n2)C1)c1ccc(F)cc1F. The van der Waals surface area contributed by atoms with Crippen LogP contribution in [0.5, 0.6) is 0 Å². The summed E-state index contributed by atoms with van der Waals surface area (Å²) in [5.74, 6) is 0.706. The molecule has 25 heavy (non-hydrogen) atoms. The van der Waals surface area contributed by atoms with E-state index in [1.165, 1.54) is 12.1 Å². The monoisotopic (exact) mass is 349 g/mol. The summed E-state index contributed by atoms with van der Waals surface area (Å²) in [7, 11) is 0. The van der Waals surface area contributed by atoms with Crippen molar-refractivity contribution in [3.63, 3.8) is 0 Å². The van der Waals surface area contributed by atoms with E-state index in [9.17, 15) is 13.9 Å². The van der Waals surface area contributed by atoms with Gasteiger partial charge in [-0.2, -0.15) is 4.98 Å². The number of aliphatic hydroxyl groups excluding tert-OH is 1. The van der Waals surface area contributed by atoms with Crippen LogP contribution >= 0.6 is 0 Å². The zero-order valence-corrected chi connectivity index (χ0v) is 13.9. The number of aliphatic hydroxyl groups is 1. The van der Waals surface area contributed by atoms with Gasteiger partial charge >= 0.3 is 0 Å². The smallest absolute Gasteiger partial charge is 0.229 e. The molecule has 1 aliphatic carbocycles. The Morgan fingerprint density at radius 1 is 1.24 bits per heavy atom. The molecule has 4 rings (SSSR count). The summed E-state index contributed by atoms with van der Waals surface area (Å²) in [6.45, 7) is 1.82. The second-order valence-electron chi connectivity index (χ2n) is 7.05. The summed E-state index contributed by atoms with van der Waals surface area (Å²) in [4.78, 5) is 6.60. The summed E-state index contributed by atoms with van der Waals surface area (Å²) in [6.07, 6.45) is 3.17. The summed E-state index contributed by atoms with van der Waals surface area (Å²) < 4.78 is 32.2. The first-order valence-electron chi connectivity index (χ1n) is 8.79. The van der Waals surface area contributed by atoms with Crippen molar-refractivity contribution in [1.29, 1.82) is 0 Å². The third kappa shape index (κ3) is 3.72. The summed E-state index contributed by atoms with van der Waals surface area (Å²) >= 11 is 0. The van der Waals surface area contributed by atoms with Crippen LogP contribution in [0.25, 0.3) is 0 Å². The largest absolute Gasteiger partial charge is 0.387 e. The molecule has 1 aliphatic heterocycles. The Kier molecular flexibility index (Phi) is 4.52. The number of hydrogen-bond acceptors (Lipinski definition) is 5. The molecular formula is C18H21F2N3O2. The van der Waals surface area contributed by atoms with Crippen LogP contribution in [0.1, 0.15) is 60.9 Å². The van der Waals surface area contributed by atoms with Gasteiger partial charge in [-0.05, 0) is 38.3 Å². The molecule has 0 amide bonds. The highest BCUT2D eigenvalue weighted by Gasteiger charge is 2.32. The van der Waals surface area contributed by atoms with E-state index in [1.54, 1.807) is 0 Å². The molecule has 1 saturated heterocycles. The third-order valence-electron chi connectivity index (χ3n) is 5.01. The summed E-state index contributed by atoms with van der Waals surface area (Å²) in [6, 6.07) is 3.27. The number of piperidine rings is 1. The van der Waals surface area contributed by atoms with Crippen molar-refractivity contribution >= 4 is 0 Å². The number of nitrogens with zero attached hydrogens (tertiary/aromatic N) is 3. The molecule has 1 saturated carbocycles. The Balaban J connectivity index is 1.40. The lowest BCUT2D eigenvalue weighted by Gasteiger charge is -2.32. The maximum absolute atomic E-state index is 13.8. The lowest BCUT2D eigenvalue weighted by atomic mass is 9.96. The standard InChI is InChI=1S/C18H21F2N3O2/c19-13-5-6-14(15(20)8-13)16(24)10-23-7-1-2-12(9-23)17-21-18(25-22-17)11-3-4-11/h5-6,8,11-12,16,24H,1-4,7,9-10H2/t12-,16+/m1/s1. The highest BCUT2D eigenvalue weighted by Crippen LogP contribution is 2.39. The van der Waals surface area contributed by atoms with Crippen molar-refractivity contribution in [3.8, 4) is 0 Å².